The van der Waals surface area contributed by atoms with Crippen LogP contribution in [0.2, 0.25) is 0 Å². The van der Waals surface area contributed by atoms with Gasteiger partial charge in [0.25, 0.3) is 0 Å². The number of fused-ring (bicyclic) bond motifs is 1. The molecule has 0 radical (unpaired) electrons. The molecule has 0 saturated carbocycles. The molecule has 0 bridgehead atoms. The third kappa shape index (κ3) is 1.16. The Morgan fingerprint density at radius 3 is 3.33 bits per heavy atom. The zero-order valence-corrected chi connectivity index (χ0v) is 8.34. The second-order valence-electron chi connectivity index (χ2n) is 2.77. The molecule has 0 saturated heterocycles. The van der Waals surface area contributed by atoms with E-state index in [0.717, 1.165) is 22.5 Å². The molecule has 0 aromatic carbocycles. The zero-order valence-electron chi connectivity index (χ0n) is 6.75. The Morgan fingerprint density at radius 1 is 1.75 bits per heavy atom. The third-order valence-electron chi connectivity index (χ3n) is 1.82. The van der Waals surface area contributed by atoms with Gasteiger partial charge in [-0.25, -0.2) is 4.98 Å². The highest BCUT2D eigenvalue weighted by Gasteiger charge is 2.18. The Morgan fingerprint density at radius 2 is 2.58 bits per heavy atom. The first-order chi connectivity index (χ1) is 5.81. The fourth-order valence-electron chi connectivity index (χ4n) is 1.17. The highest BCUT2D eigenvalue weighted by Crippen LogP contribution is 2.31. The Labute approximate surface area is 79.5 Å². The first kappa shape index (κ1) is 7.86. The van der Waals surface area contributed by atoms with Gasteiger partial charge >= 0.3 is 0 Å². The molecule has 1 aromatic rings. The second kappa shape index (κ2) is 2.94. The monoisotopic (exact) mass is 228 g/mol. The largest absolute Gasteiger partial charge is 0.469 e. The Kier molecular flexibility index (Phi) is 1.92. The van der Waals surface area contributed by atoms with Gasteiger partial charge in [-0.05, 0) is 11.6 Å². The van der Waals surface area contributed by atoms with Crippen LogP contribution in [0.3, 0.4) is 0 Å². The fourth-order valence-corrected chi connectivity index (χ4v) is 1.48. The van der Waals surface area contributed by atoms with Crippen LogP contribution in [0, 0.1) is 0 Å². The molecular weight excluding hydrogens is 220 g/mol. The van der Waals surface area contributed by atoms with E-state index in [1.165, 1.54) is 0 Å². The summed E-state index contributed by atoms with van der Waals surface area (Å²) < 4.78 is 5.40. The molecule has 1 aromatic heterocycles. The predicted octanol–water partition coefficient (Wildman–Crippen LogP) is 1.76. The molecule has 4 heteroatoms. The van der Waals surface area contributed by atoms with Crippen molar-refractivity contribution < 1.29 is 4.74 Å². The van der Waals surface area contributed by atoms with Crippen molar-refractivity contribution >= 4 is 21.7 Å². The van der Waals surface area contributed by atoms with Crippen molar-refractivity contribution in [1.29, 1.82) is 0 Å². The zero-order chi connectivity index (χ0) is 8.55. The standard InChI is InChI=1S/C8H9BrN2O/c1-11-5-12-7-2-6(3-9)4-10-8(7)11/h2,4H,3,5H2,1H3. The molecule has 3 nitrogen and oxygen atoms in total. The first-order valence-electron chi connectivity index (χ1n) is 3.70. The molecular formula is C8H9BrN2O. The lowest BCUT2D eigenvalue weighted by atomic mass is 10.3. The van der Waals surface area contributed by atoms with E-state index in [-0.39, 0.29) is 0 Å². The molecule has 1 aliphatic rings. The van der Waals surface area contributed by atoms with Gasteiger partial charge < -0.3 is 9.64 Å². The van der Waals surface area contributed by atoms with E-state index in [1.807, 2.05) is 24.2 Å². The summed E-state index contributed by atoms with van der Waals surface area (Å²) in [5, 5.41) is 0.820. The average molecular weight is 229 g/mol. The van der Waals surface area contributed by atoms with Crippen molar-refractivity contribution in [2.24, 2.45) is 0 Å². The lowest BCUT2D eigenvalue weighted by Gasteiger charge is -2.05. The summed E-state index contributed by atoms with van der Waals surface area (Å²) in [5.41, 5.74) is 1.14. The normalized spacial score (nSPS) is 14.3. The predicted molar refractivity (Wildman–Crippen MR) is 50.8 cm³/mol. The van der Waals surface area contributed by atoms with Gasteiger partial charge in [0, 0.05) is 18.6 Å². The molecule has 0 spiro atoms. The topological polar surface area (TPSA) is 25.4 Å². The molecule has 2 rings (SSSR count). The summed E-state index contributed by atoms with van der Waals surface area (Å²) in [5.74, 6) is 1.81. The van der Waals surface area contributed by atoms with Crippen LogP contribution < -0.4 is 9.64 Å². The molecule has 0 unspecified atom stereocenters. The number of halogens is 1. The average Bonchev–Trinajstić information content (AvgIpc) is 2.47. The van der Waals surface area contributed by atoms with Crippen LogP contribution in [0.5, 0.6) is 5.75 Å². The number of ether oxygens (including phenoxy) is 1. The molecule has 0 N–H and O–H groups in total. The van der Waals surface area contributed by atoms with Crippen LogP contribution in [0.1, 0.15) is 5.56 Å². The van der Waals surface area contributed by atoms with Crippen molar-refractivity contribution in [1.82, 2.24) is 4.98 Å². The van der Waals surface area contributed by atoms with Crippen LogP contribution in [0.4, 0.5) is 5.82 Å². The van der Waals surface area contributed by atoms with E-state index >= 15 is 0 Å². The Balaban J connectivity index is 2.41. The number of hydrogen-bond donors (Lipinski definition) is 0. The minimum atomic E-state index is 0.605. The number of nitrogens with zero attached hydrogens (tertiary/aromatic N) is 2. The highest BCUT2D eigenvalue weighted by molar-refractivity contribution is 9.08. The van der Waals surface area contributed by atoms with Gasteiger partial charge in [0.2, 0.25) is 0 Å². The maximum absolute atomic E-state index is 5.40. The van der Waals surface area contributed by atoms with Gasteiger partial charge in [0.05, 0.1) is 0 Å². The lowest BCUT2D eigenvalue weighted by molar-refractivity contribution is 0.353. The maximum atomic E-state index is 5.40. The molecule has 0 atom stereocenters. The summed E-state index contributed by atoms with van der Waals surface area (Å²) >= 11 is 3.37. The smallest absolute Gasteiger partial charge is 0.173 e. The van der Waals surface area contributed by atoms with Gasteiger partial charge in [0.1, 0.15) is 0 Å². The molecule has 0 fully saturated rings. The van der Waals surface area contributed by atoms with Crippen LogP contribution >= 0.6 is 15.9 Å². The van der Waals surface area contributed by atoms with Crippen LogP contribution in [-0.4, -0.2) is 18.8 Å². The molecule has 0 aliphatic carbocycles. The summed E-state index contributed by atoms with van der Waals surface area (Å²) in [6.07, 6.45) is 1.86. The van der Waals surface area contributed by atoms with E-state index in [2.05, 4.69) is 20.9 Å². The van der Waals surface area contributed by atoms with E-state index in [9.17, 15) is 0 Å². The van der Waals surface area contributed by atoms with E-state index in [0.29, 0.717) is 6.73 Å². The SMILES string of the molecule is CN1COc2cc(CBr)cnc21. The van der Waals surface area contributed by atoms with E-state index in [4.69, 9.17) is 4.74 Å². The first-order valence-corrected chi connectivity index (χ1v) is 4.82. The van der Waals surface area contributed by atoms with Crippen molar-refractivity contribution in [2.45, 2.75) is 5.33 Å². The van der Waals surface area contributed by atoms with Crippen molar-refractivity contribution in [3.8, 4) is 5.75 Å². The van der Waals surface area contributed by atoms with Crippen molar-refractivity contribution in [3.05, 3.63) is 17.8 Å². The summed E-state index contributed by atoms with van der Waals surface area (Å²) in [6.45, 7) is 0.605. The number of hydrogen-bond acceptors (Lipinski definition) is 3. The highest BCUT2D eigenvalue weighted by atomic mass is 79.9. The summed E-state index contributed by atoms with van der Waals surface area (Å²) in [7, 11) is 1.96. The molecule has 2 heterocycles. The van der Waals surface area contributed by atoms with Gasteiger partial charge in [-0.3, -0.25) is 0 Å². The molecule has 0 amide bonds. The third-order valence-corrected chi connectivity index (χ3v) is 2.47. The number of pyridine rings is 1. The number of aromatic nitrogens is 1. The lowest BCUT2D eigenvalue weighted by Crippen LogP contribution is -2.15. The Hall–Kier alpha value is -0.770. The maximum Gasteiger partial charge on any atom is 0.173 e. The number of anilines is 1. The summed E-state index contributed by atoms with van der Waals surface area (Å²) in [4.78, 5) is 6.26. The van der Waals surface area contributed by atoms with E-state index < -0.39 is 0 Å². The minimum Gasteiger partial charge on any atom is -0.469 e. The van der Waals surface area contributed by atoms with Gasteiger partial charge in [-0.15, -0.1) is 0 Å². The minimum absolute atomic E-state index is 0.605. The fraction of sp³-hybridized carbons (Fsp3) is 0.375. The van der Waals surface area contributed by atoms with Crippen LogP contribution in [0.15, 0.2) is 12.3 Å². The van der Waals surface area contributed by atoms with Crippen molar-refractivity contribution in [2.75, 3.05) is 18.7 Å². The van der Waals surface area contributed by atoms with Gasteiger partial charge in [-0.1, -0.05) is 15.9 Å². The quantitative estimate of drug-likeness (QED) is 0.686. The molecule has 1 aliphatic heterocycles. The summed E-state index contributed by atoms with van der Waals surface area (Å²) in [6, 6.07) is 2.01. The van der Waals surface area contributed by atoms with Crippen LogP contribution in [-0.2, 0) is 5.33 Å². The van der Waals surface area contributed by atoms with Gasteiger partial charge in [0.15, 0.2) is 18.3 Å². The van der Waals surface area contributed by atoms with Crippen LogP contribution in [0.25, 0.3) is 0 Å². The second-order valence-corrected chi connectivity index (χ2v) is 3.33. The Bertz CT molecular complexity index is 303. The number of rotatable bonds is 1. The molecule has 12 heavy (non-hydrogen) atoms. The molecule has 64 valence electrons. The van der Waals surface area contributed by atoms with Crippen molar-refractivity contribution in [3.63, 3.8) is 0 Å². The van der Waals surface area contributed by atoms with E-state index in [1.54, 1.807) is 0 Å². The number of alkyl halides is 1. The van der Waals surface area contributed by atoms with Gasteiger partial charge in [-0.2, -0.15) is 0 Å².